The molecule has 4 atom stereocenters. The fourth-order valence-electron chi connectivity index (χ4n) is 7.72. The van der Waals surface area contributed by atoms with E-state index in [2.05, 4.69) is 19.9 Å². The van der Waals surface area contributed by atoms with Crippen LogP contribution in [0, 0.1) is 11.2 Å². The van der Waals surface area contributed by atoms with E-state index in [0.29, 0.717) is 44.1 Å². The molecular weight excluding hydrogens is 629 g/mol. The van der Waals surface area contributed by atoms with Gasteiger partial charge in [0.2, 0.25) is 0 Å². The van der Waals surface area contributed by atoms with Crippen LogP contribution in [0.25, 0.3) is 0 Å². The molecule has 0 aliphatic heterocycles. The summed E-state index contributed by atoms with van der Waals surface area (Å²) >= 11 is 6.35. The number of benzene rings is 3. The van der Waals surface area contributed by atoms with Gasteiger partial charge in [0.1, 0.15) is 5.82 Å². The van der Waals surface area contributed by atoms with Crippen molar-refractivity contribution in [2.75, 3.05) is 13.2 Å². The summed E-state index contributed by atoms with van der Waals surface area (Å²) < 4.78 is 20.3. The number of hydrogen-bond acceptors (Lipinski definition) is 5. The lowest BCUT2D eigenvalue weighted by Gasteiger charge is -2.46. The number of aliphatic hydroxyl groups is 2. The second-order valence-corrected chi connectivity index (χ2v) is 14.2. The Balaban J connectivity index is 1.58. The van der Waals surface area contributed by atoms with Gasteiger partial charge in [0.15, 0.2) is 5.78 Å². The first-order chi connectivity index (χ1) is 22.9. The normalized spacial score (nSPS) is 24.4. The zero-order valence-corrected chi connectivity index (χ0v) is 28.9. The molecule has 3 aliphatic rings. The number of halogens is 2. The van der Waals surface area contributed by atoms with Crippen LogP contribution in [-0.2, 0) is 24.1 Å². The van der Waals surface area contributed by atoms with Gasteiger partial charge < -0.3 is 19.8 Å². The van der Waals surface area contributed by atoms with E-state index in [1.54, 1.807) is 17.9 Å². The Morgan fingerprint density at radius 3 is 2.56 bits per heavy atom. The zero-order chi connectivity index (χ0) is 34.5. The highest BCUT2D eigenvalue weighted by Gasteiger charge is 2.57. The fraction of sp³-hybridized carbons (Fsp3) is 0.450. The van der Waals surface area contributed by atoms with Gasteiger partial charge in [-0.1, -0.05) is 78.7 Å². The third kappa shape index (κ3) is 7.85. The standard InChI is InChI=1S/C40H47ClFNO5/c1-4-48-38(46)43(25-28-11-6-5-7-12-28)26-40(47)21-19-34-31-18-16-29(22-30(44)17-15-27(2)10-9-20-39(34,40)3)23-32(31)37(45)24-33-35(41)13-8-14-36(33)42/h5-8,10-14,16,18,23,30,34,44,47H,4,9,15,17,19-22,24-26H2,1-3H3. The zero-order valence-electron chi connectivity index (χ0n) is 28.2. The Kier molecular flexibility index (Phi) is 11.4. The fourth-order valence-corrected chi connectivity index (χ4v) is 7.95. The molecule has 256 valence electrons. The SMILES string of the molecule is CCOC(=O)N(Cc1ccccc1)CC1(O)CCC2c3ccc(cc3C(=O)Cc3c(F)cccc3Cl)CC(O)CCC(C)=CCCC21C. The maximum Gasteiger partial charge on any atom is 0.410 e. The highest BCUT2D eigenvalue weighted by Crippen LogP contribution is 2.59. The first kappa shape index (κ1) is 35.8. The molecule has 6 nitrogen and oxygen atoms in total. The van der Waals surface area contributed by atoms with Crippen molar-refractivity contribution in [2.45, 2.75) is 96.3 Å². The van der Waals surface area contributed by atoms with E-state index in [1.165, 1.54) is 17.7 Å². The number of fused-ring (bicyclic) bond motifs is 8. The summed E-state index contributed by atoms with van der Waals surface area (Å²) in [7, 11) is 0. The molecule has 1 amide bonds. The quantitative estimate of drug-likeness (QED) is 0.184. The summed E-state index contributed by atoms with van der Waals surface area (Å²) in [6.45, 7) is 6.47. The van der Waals surface area contributed by atoms with Gasteiger partial charge in [-0.2, -0.15) is 0 Å². The average Bonchev–Trinajstić information content (AvgIpc) is 3.31. The molecule has 2 N–H and O–H groups in total. The van der Waals surface area contributed by atoms with Crippen LogP contribution in [0.4, 0.5) is 9.18 Å². The van der Waals surface area contributed by atoms with Gasteiger partial charge in [-0.05, 0) is 99.6 Å². The summed E-state index contributed by atoms with van der Waals surface area (Å²) in [6.07, 6.45) is 4.87. The number of carbonyl (C=O) groups excluding carboxylic acids is 2. The van der Waals surface area contributed by atoms with Crippen LogP contribution >= 0.6 is 11.6 Å². The number of ether oxygens (including phenoxy) is 1. The van der Waals surface area contributed by atoms with E-state index in [9.17, 15) is 24.2 Å². The van der Waals surface area contributed by atoms with Gasteiger partial charge in [0.25, 0.3) is 0 Å². The lowest BCUT2D eigenvalue weighted by molar-refractivity contribution is -0.0821. The van der Waals surface area contributed by atoms with Crippen molar-refractivity contribution in [3.63, 3.8) is 0 Å². The molecule has 0 aromatic heterocycles. The first-order valence-electron chi connectivity index (χ1n) is 17.0. The number of nitrogens with zero attached hydrogens (tertiary/aromatic N) is 1. The summed E-state index contributed by atoms with van der Waals surface area (Å²) in [5, 5.41) is 23.8. The molecule has 0 spiro atoms. The third-order valence-electron chi connectivity index (χ3n) is 10.6. The number of hydrogen-bond donors (Lipinski definition) is 2. The molecule has 3 aliphatic carbocycles. The van der Waals surface area contributed by atoms with Gasteiger partial charge in [0.05, 0.1) is 24.9 Å². The lowest BCUT2D eigenvalue weighted by Crippen LogP contribution is -2.53. The minimum Gasteiger partial charge on any atom is -0.450 e. The predicted octanol–water partition coefficient (Wildman–Crippen LogP) is 8.60. The molecule has 0 heterocycles. The Morgan fingerprint density at radius 2 is 1.83 bits per heavy atom. The predicted molar refractivity (Wildman–Crippen MR) is 187 cm³/mol. The maximum absolute atomic E-state index is 14.9. The van der Waals surface area contributed by atoms with Crippen molar-refractivity contribution in [2.24, 2.45) is 5.41 Å². The van der Waals surface area contributed by atoms with Crippen molar-refractivity contribution >= 4 is 23.5 Å². The number of carbonyl (C=O) groups is 2. The first-order valence-corrected chi connectivity index (χ1v) is 17.4. The highest BCUT2D eigenvalue weighted by atomic mass is 35.5. The summed E-state index contributed by atoms with van der Waals surface area (Å²) in [6, 6.07) is 19.8. The Morgan fingerprint density at radius 1 is 1.06 bits per heavy atom. The third-order valence-corrected chi connectivity index (χ3v) is 10.9. The van der Waals surface area contributed by atoms with Crippen molar-refractivity contribution in [3.05, 3.63) is 117 Å². The van der Waals surface area contributed by atoms with E-state index in [-0.39, 0.29) is 48.4 Å². The molecule has 3 aromatic rings. The molecule has 48 heavy (non-hydrogen) atoms. The molecular formula is C40H47ClFNO5. The van der Waals surface area contributed by atoms with Gasteiger partial charge >= 0.3 is 6.09 Å². The van der Waals surface area contributed by atoms with Gasteiger partial charge in [-0.25, -0.2) is 9.18 Å². The molecule has 1 fully saturated rings. The van der Waals surface area contributed by atoms with Gasteiger partial charge in [-0.3, -0.25) is 4.79 Å². The van der Waals surface area contributed by atoms with Crippen LogP contribution in [0.3, 0.4) is 0 Å². The minimum absolute atomic E-state index is 0.0643. The van der Waals surface area contributed by atoms with Crippen LogP contribution < -0.4 is 0 Å². The van der Waals surface area contributed by atoms with E-state index in [1.807, 2.05) is 48.5 Å². The van der Waals surface area contributed by atoms with Crippen LogP contribution in [0.2, 0.25) is 5.02 Å². The molecule has 4 unspecified atom stereocenters. The smallest absolute Gasteiger partial charge is 0.410 e. The molecule has 0 radical (unpaired) electrons. The molecule has 0 saturated heterocycles. The lowest BCUT2D eigenvalue weighted by atomic mass is 9.64. The van der Waals surface area contributed by atoms with E-state index in [0.717, 1.165) is 23.1 Å². The van der Waals surface area contributed by atoms with Crippen molar-refractivity contribution in [1.82, 2.24) is 4.90 Å². The Hall–Kier alpha value is -3.52. The molecule has 6 rings (SSSR count). The molecule has 3 aromatic carbocycles. The van der Waals surface area contributed by atoms with Gasteiger partial charge in [0, 0.05) is 34.5 Å². The van der Waals surface area contributed by atoms with E-state index >= 15 is 0 Å². The number of aliphatic hydroxyl groups excluding tert-OH is 1. The summed E-state index contributed by atoms with van der Waals surface area (Å²) in [5.74, 6) is -1.05. The van der Waals surface area contributed by atoms with Crippen molar-refractivity contribution in [3.8, 4) is 0 Å². The van der Waals surface area contributed by atoms with Crippen molar-refractivity contribution < 1.29 is 28.9 Å². The summed E-state index contributed by atoms with van der Waals surface area (Å²) in [4.78, 5) is 29.1. The maximum atomic E-state index is 14.9. The second-order valence-electron chi connectivity index (χ2n) is 13.8. The Labute approximate surface area is 288 Å². The van der Waals surface area contributed by atoms with Gasteiger partial charge in [-0.15, -0.1) is 0 Å². The van der Waals surface area contributed by atoms with Crippen LogP contribution in [-0.4, -0.2) is 51.8 Å². The molecule has 1 saturated carbocycles. The number of allylic oxidation sites excluding steroid dienone is 2. The van der Waals surface area contributed by atoms with Crippen LogP contribution in [0.1, 0.15) is 97.8 Å². The largest absolute Gasteiger partial charge is 0.450 e. The van der Waals surface area contributed by atoms with Crippen LogP contribution in [0.5, 0.6) is 0 Å². The monoisotopic (exact) mass is 675 g/mol. The molecule has 8 heteroatoms. The average molecular weight is 676 g/mol. The molecule has 2 bridgehead atoms. The number of Topliss-reactive ketones (excluding diaryl/α,β-unsaturated/α-hetero) is 1. The van der Waals surface area contributed by atoms with Crippen LogP contribution in [0.15, 0.2) is 78.4 Å². The second kappa shape index (κ2) is 15.4. The van der Waals surface area contributed by atoms with E-state index < -0.39 is 29.0 Å². The Bertz CT molecular complexity index is 1620. The number of amides is 1. The van der Waals surface area contributed by atoms with E-state index in [4.69, 9.17) is 16.3 Å². The highest BCUT2D eigenvalue weighted by molar-refractivity contribution is 6.31. The van der Waals surface area contributed by atoms with Crippen molar-refractivity contribution in [1.29, 1.82) is 0 Å². The summed E-state index contributed by atoms with van der Waals surface area (Å²) in [5.41, 5.74) is 2.25. The minimum atomic E-state index is -1.30. The topological polar surface area (TPSA) is 87.1 Å². The number of rotatable bonds is 8. The number of ketones is 1.